The number of rotatable bonds is 2. The number of imidazole rings is 1. The standard InChI is InChI=1S/C9H14BrN3O2S/c1-7-11-9(6-12(7)2)16(14,15)13-4-3-8(10)5-13/h6,8H,3-5H2,1-2H3. The monoisotopic (exact) mass is 307 g/mol. The molecule has 0 amide bonds. The summed E-state index contributed by atoms with van der Waals surface area (Å²) in [6.45, 7) is 2.88. The number of halogens is 1. The molecule has 1 fully saturated rings. The highest BCUT2D eigenvalue weighted by molar-refractivity contribution is 9.09. The Kier molecular flexibility index (Phi) is 3.11. The van der Waals surface area contributed by atoms with Crippen molar-refractivity contribution in [3.05, 3.63) is 12.0 Å². The van der Waals surface area contributed by atoms with Gasteiger partial charge in [-0.05, 0) is 13.3 Å². The van der Waals surface area contributed by atoms with Crippen LogP contribution in [0.5, 0.6) is 0 Å². The van der Waals surface area contributed by atoms with Gasteiger partial charge in [0.25, 0.3) is 10.0 Å². The van der Waals surface area contributed by atoms with Crippen LogP contribution >= 0.6 is 15.9 Å². The number of aromatic nitrogens is 2. The number of hydrogen-bond donors (Lipinski definition) is 0. The first kappa shape index (κ1) is 12.1. The van der Waals surface area contributed by atoms with Crippen molar-refractivity contribution in [1.82, 2.24) is 13.9 Å². The summed E-state index contributed by atoms with van der Waals surface area (Å²) in [4.78, 5) is 4.33. The molecule has 0 bridgehead atoms. The van der Waals surface area contributed by atoms with Crippen molar-refractivity contribution in [2.45, 2.75) is 23.2 Å². The predicted molar refractivity (Wildman–Crippen MR) is 64.0 cm³/mol. The summed E-state index contributed by atoms with van der Waals surface area (Å²) in [7, 11) is -1.61. The number of alkyl halides is 1. The zero-order valence-corrected chi connectivity index (χ0v) is 11.6. The zero-order chi connectivity index (χ0) is 11.9. The first-order valence-corrected chi connectivity index (χ1v) is 7.41. The Morgan fingerprint density at radius 3 is 2.69 bits per heavy atom. The van der Waals surface area contributed by atoms with Gasteiger partial charge in [0.15, 0.2) is 5.03 Å². The molecule has 1 unspecified atom stereocenters. The van der Waals surface area contributed by atoms with E-state index in [4.69, 9.17) is 0 Å². The molecule has 5 nitrogen and oxygen atoms in total. The molecule has 0 radical (unpaired) electrons. The lowest BCUT2D eigenvalue weighted by Crippen LogP contribution is -2.29. The fourth-order valence-electron chi connectivity index (χ4n) is 1.69. The predicted octanol–water partition coefficient (Wildman–Crippen LogP) is 0.886. The molecule has 1 aromatic rings. The molecule has 1 saturated heterocycles. The second kappa shape index (κ2) is 4.12. The van der Waals surface area contributed by atoms with Gasteiger partial charge in [0.05, 0.1) is 0 Å². The van der Waals surface area contributed by atoms with Crippen molar-refractivity contribution in [1.29, 1.82) is 0 Å². The average Bonchev–Trinajstić information content (AvgIpc) is 2.75. The second-order valence-corrected chi connectivity index (χ2v) is 7.17. The minimum Gasteiger partial charge on any atom is -0.337 e. The highest BCUT2D eigenvalue weighted by Crippen LogP contribution is 2.23. The van der Waals surface area contributed by atoms with Crippen LogP contribution in [0.1, 0.15) is 12.2 Å². The average molecular weight is 308 g/mol. The summed E-state index contributed by atoms with van der Waals surface area (Å²) >= 11 is 3.43. The van der Waals surface area contributed by atoms with Crippen LogP contribution in [-0.2, 0) is 17.1 Å². The van der Waals surface area contributed by atoms with E-state index in [1.165, 1.54) is 4.31 Å². The lowest BCUT2D eigenvalue weighted by Gasteiger charge is -2.13. The number of nitrogens with zero attached hydrogens (tertiary/aromatic N) is 3. The normalized spacial score (nSPS) is 22.8. The molecular formula is C9H14BrN3O2S. The molecular weight excluding hydrogens is 294 g/mol. The number of hydrogen-bond acceptors (Lipinski definition) is 3. The van der Waals surface area contributed by atoms with Crippen LogP contribution in [0, 0.1) is 6.92 Å². The van der Waals surface area contributed by atoms with Gasteiger partial charge in [0.2, 0.25) is 0 Å². The fraction of sp³-hybridized carbons (Fsp3) is 0.667. The largest absolute Gasteiger partial charge is 0.337 e. The maximum Gasteiger partial charge on any atom is 0.262 e. The van der Waals surface area contributed by atoms with Gasteiger partial charge in [-0.2, -0.15) is 4.31 Å². The first-order chi connectivity index (χ1) is 7.41. The van der Waals surface area contributed by atoms with E-state index in [9.17, 15) is 8.42 Å². The van der Waals surface area contributed by atoms with Crippen LogP contribution in [0.4, 0.5) is 0 Å². The summed E-state index contributed by atoms with van der Waals surface area (Å²) in [5, 5.41) is 0.147. The topological polar surface area (TPSA) is 55.2 Å². The molecule has 1 aliphatic rings. The number of aryl methyl sites for hydroxylation is 2. The van der Waals surface area contributed by atoms with Crippen LogP contribution in [0.2, 0.25) is 0 Å². The summed E-state index contributed by atoms with van der Waals surface area (Å²) in [5.74, 6) is 0.702. The molecule has 0 spiro atoms. The summed E-state index contributed by atoms with van der Waals surface area (Å²) in [6.07, 6.45) is 2.41. The van der Waals surface area contributed by atoms with Crippen LogP contribution in [0.15, 0.2) is 11.2 Å². The quantitative estimate of drug-likeness (QED) is 0.762. The van der Waals surface area contributed by atoms with E-state index in [1.807, 2.05) is 0 Å². The van der Waals surface area contributed by atoms with Gasteiger partial charge in [0, 0.05) is 31.2 Å². The molecule has 2 rings (SSSR count). The Hall–Kier alpha value is -0.400. The third kappa shape index (κ3) is 2.03. The van der Waals surface area contributed by atoms with Crippen LogP contribution in [0.25, 0.3) is 0 Å². The van der Waals surface area contributed by atoms with E-state index in [1.54, 1.807) is 24.7 Å². The Labute approximate surface area is 104 Å². The van der Waals surface area contributed by atoms with E-state index < -0.39 is 10.0 Å². The molecule has 0 saturated carbocycles. The Bertz CT molecular complexity index is 477. The third-order valence-corrected chi connectivity index (χ3v) is 5.27. The molecule has 1 aliphatic heterocycles. The summed E-state index contributed by atoms with van der Waals surface area (Å²) in [5.41, 5.74) is 0. The van der Waals surface area contributed by atoms with Gasteiger partial charge in [-0.1, -0.05) is 15.9 Å². The molecule has 1 aromatic heterocycles. The fourth-order valence-corrected chi connectivity index (χ4v) is 3.96. The van der Waals surface area contributed by atoms with E-state index in [-0.39, 0.29) is 9.85 Å². The van der Waals surface area contributed by atoms with E-state index in [0.29, 0.717) is 18.9 Å². The van der Waals surface area contributed by atoms with E-state index >= 15 is 0 Å². The Balaban J connectivity index is 2.32. The molecule has 16 heavy (non-hydrogen) atoms. The highest BCUT2D eigenvalue weighted by atomic mass is 79.9. The Morgan fingerprint density at radius 1 is 1.56 bits per heavy atom. The molecule has 0 aromatic carbocycles. The van der Waals surface area contributed by atoms with Gasteiger partial charge in [0.1, 0.15) is 5.82 Å². The molecule has 0 N–H and O–H groups in total. The lowest BCUT2D eigenvalue weighted by molar-refractivity contribution is 0.475. The number of sulfonamides is 1. The molecule has 90 valence electrons. The van der Waals surface area contributed by atoms with Crippen molar-refractivity contribution in [3.8, 4) is 0 Å². The van der Waals surface area contributed by atoms with Gasteiger partial charge < -0.3 is 4.57 Å². The van der Waals surface area contributed by atoms with Crippen molar-refractivity contribution < 1.29 is 8.42 Å². The van der Waals surface area contributed by atoms with Crippen molar-refractivity contribution >= 4 is 26.0 Å². The van der Waals surface area contributed by atoms with E-state index in [2.05, 4.69) is 20.9 Å². The second-order valence-electron chi connectivity index (χ2n) is 3.99. The summed E-state index contributed by atoms with van der Waals surface area (Å²) < 4.78 is 27.5. The van der Waals surface area contributed by atoms with Gasteiger partial charge in [-0.3, -0.25) is 0 Å². The van der Waals surface area contributed by atoms with Crippen molar-refractivity contribution in [2.24, 2.45) is 7.05 Å². The molecule has 0 aliphatic carbocycles. The maximum absolute atomic E-state index is 12.2. The van der Waals surface area contributed by atoms with Gasteiger partial charge in [-0.25, -0.2) is 13.4 Å². The first-order valence-electron chi connectivity index (χ1n) is 5.05. The van der Waals surface area contributed by atoms with Crippen LogP contribution < -0.4 is 0 Å². The van der Waals surface area contributed by atoms with Crippen molar-refractivity contribution in [3.63, 3.8) is 0 Å². The maximum atomic E-state index is 12.2. The molecule has 1 atom stereocenters. The molecule has 7 heteroatoms. The highest BCUT2D eigenvalue weighted by Gasteiger charge is 2.33. The summed E-state index contributed by atoms with van der Waals surface area (Å²) in [6, 6.07) is 0. The third-order valence-electron chi connectivity index (χ3n) is 2.78. The smallest absolute Gasteiger partial charge is 0.262 e. The van der Waals surface area contributed by atoms with Crippen LogP contribution in [-0.4, -0.2) is 40.2 Å². The van der Waals surface area contributed by atoms with E-state index in [0.717, 1.165) is 6.42 Å². The molecule has 2 heterocycles. The van der Waals surface area contributed by atoms with Gasteiger partial charge in [-0.15, -0.1) is 0 Å². The van der Waals surface area contributed by atoms with Gasteiger partial charge >= 0.3 is 0 Å². The minimum absolute atomic E-state index is 0.147. The SMILES string of the molecule is Cc1nc(S(=O)(=O)N2CCC(Br)C2)cn1C. The zero-order valence-electron chi connectivity index (χ0n) is 9.22. The Morgan fingerprint density at radius 2 is 2.25 bits per heavy atom. The van der Waals surface area contributed by atoms with Crippen LogP contribution in [0.3, 0.4) is 0 Å². The minimum atomic E-state index is -3.40. The lowest BCUT2D eigenvalue weighted by atomic mass is 10.4. The van der Waals surface area contributed by atoms with Crippen molar-refractivity contribution in [2.75, 3.05) is 13.1 Å².